The molecule has 0 unspecified atom stereocenters. The molecule has 0 radical (unpaired) electrons. The maximum Gasteiger partial charge on any atom is 0.265 e. The third-order valence-corrected chi connectivity index (χ3v) is 2.64. The Hall–Kier alpha value is -2.44. The van der Waals surface area contributed by atoms with Gasteiger partial charge in [0.05, 0.1) is 0 Å². The number of nitrogens with zero attached hydrogens (tertiary/aromatic N) is 3. The van der Waals surface area contributed by atoms with Crippen LogP contribution in [0.4, 0.5) is 5.82 Å². The van der Waals surface area contributed by atoms with Gasteiger partial charge in [-0.25, -0.2) is 14.6 Å². The van der Waals surface area contributed by atoms with Crippen molar-refractivity contribution in [2.75, 3.05) is 11.9 Å². The molecule has 0 amide bonds. The van der Waals surface area contributed by atoms with Crippen LogP contribution in [0.2, 0.25) is 0 Å². The van der Waals surface area contributed by atoms with Crippen molar-refractivity contribution in [2.24, 2.45) is 0 Å². The first-order chi connectivity index (χ1) is 9.58. The lowest BCUT2D eigenvalue weighted by Gasteiger charge is -2.08. The summed E-state index contributed by atoms with van der Waals surface area (Å²) in [5.41, 5.74) is 0.180. The summed E-state index contributed by atoms with van der Waals surface area (Å²) in [6.45, 7) is 4.88. The van der Waals surface area contributed by atoms with Crippen molar-refractivity contribution in [3.05, 3.63) is 50.4 Å². The van der Waals surface area contributed by atoms with E-state index in [4.69, 9.17) is 0 Å². The van der Waals surface area contributed by atoms with Gasteiger partial charge >= 0.3 is 0 Å². The van der Waals surface area contributed by atoms with Gasteiger partial charge in [-0.15, -0.1) is 0 Å². The highest BCUT2D eigenvalue weighted by Crippen LogP contribution is 2.06. The van der Waals surface area contributed by atoms with Crippen LogP contribution in [-0.4, -0.2) is 26.3 Å². The monoisotopic (exact) mass is 275 g/mol. The van der Waals surface area contributed by atoms with E-state index in [-0.39, 0.29) is 17.7 Å². The second kappa shape index (κ2) is 6.14. The van der Waals surface area contributed by atoms with E-state index in [1.165, 1.54) is 16.8 Å². The van der Waals surface area contributed by atoms with Crippen molar-refractivity contribution in [3.8, 4) is 0 Å². The Labute approximate surface area is 115 Å². The molecule has 2 aromatic rings. The maximum atomic E-state index is 11.6. The Morgan fingerprint density at radius 3 is 2.85 bits per heavy atom. The first kappa shape index (κ1) is 14.0. The molecule has 0 spiro atoms. The largest absolute Gasteiger partial charge is 0.370 e. The average Bonchev–Trinajstić information content (AvgIpc) is 2.40. The molecule has 7 nitrogen and oxygen atoms in total. The summed E-state index contributed by atoms with van der Waals surface area (Å²) in [5.74, 6) is 1.20. The minimum atomic E-state index is -0.332. The highest BCUT2D eigenvalue weighted by Gasteiger charge is 2.05. The van der Waals surface area contributed by atoms with Crippen molar-refractivity contribution in [2.45, 2.75) is 26.8 Å². The smallest absolute Gasteiger partial charge is 0.265 e. The summed E-state index contributed by atoms with van der Waals surface area (Å²) in [5, 5.41) is 5.63. The van der Waals surface area contributed by atoms with Crippen LogP contribution < -0.4 is 16.4 Å². The van der Waals surface area contributed by atoms with Gasteiger partial charge in [-0.05, 0) is 13.3 Å². The number of hydrogen-bond acceptors (Lipinski definition) is 5. The van der Waals surface area contributed by atoms with Gasteiger partial charge in [0, 0.05) is 30.4 Å². The molecule has 2 N–H and O–H groups in total. The number of nitrogens with one attached hydrogen (secondary N) is 2. The lowest BCUT2D eigenvalue weighted by atomic mass is 10.4. The number of H-pyrrole nitrogens is 1. The van der Waals surface area contributed by atoms with Crippen molar-refractivity contribution in [1.29, 1.82) is 0 Å². The van der Waals surface area contributed by atoms with E-state index < -0.39 is 0 Å². The summed E-state index contributed by atoms with van der Waals surface area (Å²) in [7, 11) is 0. The molecule has 0 saturated carbocycles. The number of aromatic nitrogens is 4. The lowest BCUT2D eigenvalue weighted by Crippen LogP contribution is -2.29. The molecular weight excluding hydrogens is 258 g/mol. The molecule has 0 aliphatic carbocycles. The number of rotatable bonds is 5. The SMILES string of the molecule is CCCNc1cc(C)nc(Cn2[nH]c(=O)ccc2=O)n1. The van der Waals surface area contributed by atoms with Gasteiger partial charge in [0.25, 0.3) is 11.1 Å². The Kier molecular flexibility index (Phi) is 4.29. The zero-order chi connectivity index (χ0) is 14.5. The molecule has 0 fully saturated rings. The third-order valence-electron chi connectivity index (χ3n) is 2.64. The first-order valence-electron chi connectivity index (χ1n) is 6.47. The lowest BCUT2D eigenvalue weighted by molar-refractivity contribution is 0.603. The minimum Gasteiger partial charge on any atom is -0.370 e. The van der Waals surface area contributed by atoms with E-state index in [1.54, 1.807) is 0 Å². The Bertz CT molecular complexity index is 704. The van der Waals surface area contributed by atoms with Crippen LogP contribution in [0, 0.1) is 6.92 Å². The molecule has 2 heterocycles. The molecule has 0 aromatic carbocycles. The molecular formula is C13H17N5O2. The molecule has 0 saturated heterocycles. The Morgan fingerprint density at radius 2 is 2.10 bits per heavy atom. The highest BCUT2D eigenvalue weighted by molar-refractivity contribution is 5.35. The summed E-state index contributed by atoms with van der Waals surface area (Å²) >= 11 is 0. The van der Waals surface area contributed by atoms with Gasteiger partial charge in [-0.3, -0.25) is 14.7 Å². The van der Waals surface area contributed by atoms with Gasteiger partial charge < -0.3 is 5.32 Å². The number of aryl methyl sites for hydroxylation is 1. The average molecular weight is 275 g/mol. The summed E-state index contributed by atoms with van der Waals surface area (Å²) in [4.78, 5) is 31.5. The second-order valence-corrected chi connectivity index (χ2v) is 4.47. The van der Waals surface area contributed by atoms with E-state index >= 15 is 0 Å². The summed E-state index contributed by atoms with van der Waals surface area (Å²) < 4.78 is 1.20. The molecule has 2 rings (SSSR count). The molecule has 2 aromatic heterocycles. The fourth-order valence-corrected chi connectivity index (χ4v) is 1.77. The van der Waals surface area contributed by atoms with Crippen LogP contribution in [0.25, 0.3) is 0 Å². The van der Waals surface area contributed by atoms with Gasteiger partial charge in [-0.2, -0.15) is 0 Å². The zero-order valence-electron chi connectivity index (χ0n) is 11.5. The molecule has 20 heavy (non-hydrogen) atoms. The quantitative estimate of drug-likeness (QED) is 0.829. The van der Waals surface area contributed by atoms with Crippen LogP contribution in [0.5, 0.6) is 0 Å². The number of aromatic amines is 1. The number of anilines is 1. The van der Waals surface area contributed by atoms with Gasteiger partial charge in [-0.1, -0.05) is 6.92 Å². The highest BCUT2D eigenvalue weighted by atomic mass is 16.1. The molecule has 0 atom stereocenters. The fraction of sp³-hybridized carbons (Fsp3) is 0.385. The van der Waals surface area contributed by atoms with Crippen LogP contribution in [0.3, 0.4) is 0 Å². The van der Waals surface area contributed by atoms with Crippen molar-refractivity contribution < 1.29 is 0 Å². The standard InChI is InChI=1S/C13H17N5O2/c1-3-6-14-10-7-9(2)15-11(16-10)8-18-13(20)5-4-12(19)17-18/h4-5,7H,3,6,8H2,1-2H3,(H,17,19)(H,14,15,16). The van der Waals surface area contributed by atoms with Crippen LogP contribution in [0.1, 0.15) is 24.9 Å². The molecule has 0 bridgehead atoms. The van der Waals surface area contributed by atoms with Crippen molar-refractivity contribution in [1.82, 2.24) is 19.7 Å². The predicted molar refractivity (Wildman–Crippen MR) is 76.0 cm³/mol. The van der Waals surface area contributed by atoms with Gasteiger partial charge in [0.1, 0.15) is 12.4 Å². The first-order valence-corrected chi connectivity index (χ1v) is 6.47. The molecule has 106 valence electrons. The Balaban J connectivity index is 2.28. The van der Waals surface area contributed by atoms with E-state index in [0.717, 1.165) is 24.5 Å². The number of hydrogen-bond donors (Lipinski definition) is 2. The maximum absolute atomic E-state index is 11.6. The normalized spacial score (nSPS) is 10.5. The third kappa shape index (κ3) is 3.53. The Morgan fingerprint density at radius 1 is 1.30 bits per heavy atom. The second-order valence-electron chi connectivity index (χ2n) is 4.47. The predicted octanol–water partition coefficient (Wildman–Crippen LogP) is 0.505. The topological polar surface area (TPSA) is 92.7 Å². The van der Waals surface area contributed by atoms with E-state index in [9.17, 15) is 9.59 Å². The summed E-state index contributed by atoms with van der Waals surface area (Å²) in [6.07, 6.45) is 0.990. The van der Waals surface area contributed by atoms with Gasteiger partial charge in [0.15, 0.2) is 5.82 Å². The van der Waals surface area contributed by atoms with E-state index in [0.29, 0.717) is 5.82 Å². The van der Waals surface area contributed by atoms with E-state index in [1.807, 2.05) is 13.0 Å². The van der Waals surface area contributed by atoms with E-state index in [2.05, 4.69) is 27.3 Å². The van der Waals surface area contributed by atoms with Crippen molar-refractivity contribution in [3.63, 3.8) is 0 Å². The fourth-order valence-electron chi connectivity index (χ4n) is 1.77. The molecule has 7 heteroatoms. The van der Waals surface area contributed by atoms with Crippen molar-refractivity contribution >= 4 is 5.82 Å². The van der Waals surface area contributed by atoms with Gasteiger partial charge in [0.2, 0.25) is 0 Å². The zero-order valence-corrected chi connectivity index (χ0v) is 11.5. The molecule has 0 aliphatic heterocycles. The molecule has 0 aliphatic rings. The van der Waals surface area contributed by atoms with Crippen LogP contribution in [0.15, 0.2) is 27.8 Å². The van der Waals surface area contributed by atoms with Crippen LogP contribution >= 0.6 is 0 Å². The van der Waals surface area contributed by atoms with Crippen LogP contribution in [-0.2, 0) is 6.54 Å². The minimum absolute atomic E-state index is 0.136. The summed E-state index contributed by atoms with van der Waals surface area (Å²) in [6, 6.07) is 4.27.